The third-order valence-electron chi connectivity index (χ3n) is 5.20. The van der Waals surface area contributed by atoms with E-state index < -0.39 is 56.1 Å². The fourth-order valence-electron chi connectivity index (χ4n) is 2.89. The highest BCUT2D eigenvalue weighted by molar-refractivity contribution is 7.49. The van der Waals surface area contributed by atoms with Crippen molar-refractivity contribution in [1.82, 2.24) is 0 Å². The SMILES string of the molecule is CCCCOC(=O)C(O)C(OP1(=O)OC(C(=O)OCCCC)C(C(=O)OCCCC)O1)C(=O)OCCCC. The van der Waals surface area contributed by atoms with E-state index in [4.69, 9.17) is 32.5 Å². The minimum absolute atomic E-state index is 0.00660. The maximum absolute atomic E-state index is 13.4. The van der Waals surface area contributed by atoms with Gasteiger partial charge >= 0.3 is 31.7 Å². The molecule has 220 valence electrons. The maximum Gasteiger partial charge on any atom is 0.477 e. The number of phosphoric ester groups is 1. The van der Waals surface area contributed by atoms with Gasteiger partial charge < -0.3 is 24.1 Å². The predicted octanol–water partition coefficient (Wildman–Crippen LogP) is 3.00. The van der Waals surface area contributed by atoms with E-state index in [0.29, 0.717) is 51.4 Å². The summed E-state index contributed by atoms with van der Waals surface area (Å²) in [4.78, 5) is 50.2. The van der Waals surface area contributed by atoms with Crippen LogP contribution in [0.25, 0.3) is 0 Å². The number of hydrogen-bond acceptors (Lipinski definition) is 13. The summed E-state index contributed by atoms with van der Waals surface area (Å²) < 4.78 is 49.0. The zero-order valence-corrected chi connectivity index (χ0v) is 23.5. The summed E-state index contributed by atoms with van der Waals surface area (Å²) in [7, 11) is -4.91. The third kappa shape index (κ3) is 11.4. The monoisotopic (exact) mass is 568 g/mol. The molecule has 1 heterocycles. The fourth-order valence-corrected chi connectivity index (χ4v) is 4.47. The van der Waals surface area contributed by atoms with E-state index in [1.807, 2.05) is 27.7 Å². The van der Waals surface area contributed by atoms with Gasteiger partial charge in [-0.1, -0.05) is 53.4 Å². The second-order valence-corrected chi connectivity index (χ2v) is 10.1. The molecule has 1 fully saturated rings. The fraction of sp³-hybridized carbons (Fsp3) is 0.833. The average molecular weight is 569 g/mol. The lowest BCUT2D eigenvalue weighted by molar-refractivity contribution is -0.172. The summed E-state index contributed by atoms with van der Waals surface area (Å²) in [5.41, 5.74) is 0. The number of phosphoric acid groups is 1. The number of rotatable bonds is 19. The predicted molar refractivity (Wildman–Crippen MR) is 132 cm³/mol. The Bertz CT molecular complexity index is 768. The topological polar surface area (TPSA) is 170 Å². The molecule has 0 aromatic rings. The quantitative estimate of drug-likeness (QED) is 0.104. The molecular formula is C24H41O13P. The van der Waals surface area contributed by atoms with Crippen molar-refractivity contribution in [3.8, 4) is 0 Å². The highest BCUT2D eigenvalue weighted by Crippen LogP contribution is 2.59. The van der Waals surface area contributed by atoms with Crippen LogP contribution in [0.15, 0.2) is 0 Å². The summed E-state index contributed by atoms with van der Waals surface area (Å²) in [6.07, 6.45) is -3.30. The first-order chi connectivity index (χ1) is 18.1. The molecule has 1 aliphatic heterocycles. The number of esters is 4. The van der Waals surface area contributed by atoms with E-state index in [1.54, 1.807) is 0 Å². The molecule has 14 heteroatoms. The normalized spacial score (nSPS) is 22.3. The Morgan fingerprint density at radius 1 is 0.684 bits per heavy atom. The molecule has 0 bridgehead atoms. The van der Waals surface area contributed by atoms with Gasteiger partial charge in [-0.2, -0.15) is 0 Å². The Labute approximate surface area is 223 Å². The molecular weight excluding hydrogens is 527 g/mol. The minimum atomic E-state index is -4.91. The van der Waals surface area contributed by atoms with Crippen LogP contribution in [0.1, 0.15) is 79.1 Å². The Morgan fingerprint density at radius 2 is 1.05 bits per heavy atom. The van der Waals surface area contributed by atoms with Crippen molar-refractivity contribution < 1.29 is 61.4 Å². The van der Waals surface area contributed by atoms with Gasteiger partial charge in [0.05, 0.1) is 26.4 Å². The number of aliphatic hydroxyl groups excluding tert-OH is 1. The molecule has 0 aliphatic carbocycles. The average Bonchev–Trinajstić information content (AvgIpc) is 3.25. The Hall–Kier alpha value is -2.05. The standard InChI is InChI=1S/C24H41O13P/c1-5-9-13-31-21(26)17(25)18(22(27)32-14-10-6-2)35-38(30)36-19(23(28)33-15-11-7-3)20(37-38)24(29)34-16-12-8-4/h17-20,25H,5-16H2,1-4H3. The van der Waals surface area contributed by atoms with Crippen LogP contribution in [0.2, 0.25) is 0 Å². The van der Waals surface area contributed by atoms with E-state index in [-0.39, 0.29) is 26.4 Å². The van der Waals surface area contributed by atoms with Gasteiger partial charge in [0.15, 0.2) is 6.10 Å². The van der Waals surface area contributed by atoms with E-state index in [1.165, 1.54) is 0 Å². The van der Waals surface area contributed by atoms with Gasteiger partial charge in [-0.05, 0) is 25.7 Å². The van der Waals surface area contributed by atoms with E-state index >= 15 is 0 Å². The van der Waals surface area contributed by atoms with Gasteiger partial charge in [0, 0.05) is 0 Å². The highest BCUT2D eigenvalue weighted by Gasteiger charge is 2.57. The van der Waals surface area contributed by atoms with Crippen LogP contribution >= 0.6 is 7.82 Å². The van der Waals surface area contributed by atoms with Crippen LogP contribution in [0, 0.1) is 0 Å². The molecule has 0 spiro atoms. The summed E-state index contributed by atoms with van der Waals surface area (Å²) in [5.74, 6) is -4.58. The van der Waals surface area contributed by atoms with Gasteiger partial charge in [0.25, 0.3) is 0 Å². The first-order valence-electron chi connectivity index (χ1n) is 13.1. The van der Waals surface area contributed by atoms with E-state index in [0.717, 1.165) is 0 Å². The summed E-state index contributed by atoms with van der Waals surface area (Å²) in [6, 6.07) is 0. The molecule has 0 amide bonds. The summed E-state index contributed by atoms with van der Waals surface area (Å²) in [5, 5.41) is 10.5. The Kier molecular flexibility index (Phi) is 16.3. The first kappa shape index (κ1) is 34.0. The maximum atomic E-state index is 13.4. The summed E-state index contributed by atoms with van der Waals surface area (Å²) in [6.45, 7) is 7.35. The largest absolute Gasteiger partial charge is 0.477 e. The van der Waals surface area contributed by atoms with Gasteiger partial charge in [-0.25, -0.2) is 23.7 Å². The number of carbonyl (C=O) groups is 4. The molecule has 13 nitrogen and oxygen atoms in total. The van der Waals surface area contributed by atoms with Crippen molar-refractivity contribution in [3.05, 3.63) is 0 Å². The lowest BCUT2D eigenvalue weighted by Gasteiger charge is -2.22. The number of hydrogen-bond donors (Lipinski definition) is 1. The van der Waals surface area contributed by atoms with Gasteiger partial charge in [-0.15, -0.1) is 0 Å². The van der Waals surface area contributed by atoms with Crippen molar-refractivity contribution in [2.75, 3.05) is 26.4 Å². The Morgan fingerprint density at radius 3 is 1.45 bits per heavy atom. The molecule has 0 aromatic carbocycles. The van der Waals surface area contributed by atoms with Crippen molar-refractivity contribution in [1.29, 1.82) is 0 Å². The third-order valence-corrected chi connectivity index (χ3v) is 6.65. The molecule has 1 N–H and O–H groups in total. The molecule has 38 heavy (non-hydrogen) atoms. The van der Waals surface area contributed by atoms with Crippen LogP contribution in [-0.4, -0.2) is 79.8 Å². The molecule has 4 atom stereocenters. The number of aliphatic hydroxyl groups is 1. The molecule has 0 saturated carbocycles. The van der Waals surface area contributed by atoms with Crippen molar-refractivity contribution in [3.63, 3.8) is 0 Å². The molecule has 0 radical (unpaired) electrons. The molecule has 4 unspecified atom stereocenters. The zero-order chi connectivity index (χ0) is 28.6. The van der Waals surface area contributed by atoms with E-state index in [2.05, 4.69) is 0 Å². The van der Waals surface area contributed by atoms with Gasteiger partial charge in [0.2, 0.25) is 18.3 Å². The second-order valence-electron chi connectivity index (χ2n) is 8.55. The molecule has 1 saturated heterocycles. The van der Waals surface area contributed by atoms with Crippen LogP contribution in [0.4, 0.5) is 0 Å². The number of ether oxygens (including phenoxy) is 4. The van der Waals surface area contributed by atoms with Crippen molar-refractivity contribution in [2.45, 2.75) is 103 Å². The van der Waals surface area contributed by atoms with Crippen molar-refractivity contribution >= 4 is 31.7 Å². The van der Waals surface area contributed by atoms with Crippen LogP contribution in [0.5, 0.6) is 0 Å². The van der Waals surface area contributed by atoms with Crippen LogP contribution in [0.3, 0.4) is 0 Å². The molecule has 1 aliphatic rings. The smallest absolute Gasteiger partial charge is 0.464 e. The lowest BCUT2D eigenvalue weighted by atomic mass is 10.2. The summed E-state index contributed by atoms with van der Waals surface area (Å²) >= 11 is 0. The Balaban J connectivity index is 3.14. The highest BCUT2D eigenvalue weighted by atomic mass is 31.2. The van der Waals surface area contributed by atoms with Gasteiger partial charge in [-0.3, -0.25) is 13.6 Å². The lowest BCUT2D eigenvalue weighted by Crippen LogP contribution is -2.43. The molecule has 0 aromatic heterocycles. The van der Waals surface area contributed by atoms with Crippen molar-refractivity contribution in [2.24, 2.45) is 0 Å². The van der Waals surface area contributed by atoms with Crippen LogP contribution in [-0.2, 0) is 56.3 Å². The minimum Gasteiger partial charge on any atom is -0.464 e. The second kappa shape index (κ2) is 18.3. The van der Waals surface area contributed by atoms with E-state index in [9.17, 15) is 28.8 Å². The first-order valence-corrected chi connectivity index (χ1v) is 14.6. The van der Waals surface area contributed by atoms with Gasteiger partial charge in [0.1, 0.15) is 0 Å². The zero-order valence-electron chi connectivity index (χ0n) is 22.6. The number of unbranched alkanes of at least 4 members (excludes halogenated alkanes) is 4. The van der Waals surface area contributed by atoms with Crippen LogP contribution < -0.4 is 0 Å². The molecule has 1 rings (SSSR count). The number of carbonyl (C=O) groups excluding carboxylic acids is 4.